The second kappa shape index (κ2) is 8.61. The number of benzene rings is 1. The third-order valence-electron chi connectivity index (χ3n) is 3.74. The smallest absolute Gasteiger partial charge is 0.258 e. The first-order valence-electron chi connectivity index (χ1n) is 7.68. The van der Waals surface area contributed by atoms with Crippen LogP contribution in [0.1, 0.15) is 26.2 Å². The molecule has 0 radical (unpaired) electrons. The van der Waals surface area contributed by atoms with E-state index >= 15 is 0 Å². The van der Waals surface area contributed by atoms with E-state index in [0.717, 1.165) is 32.5 Å². The molecular weight excluding hydrogens is 323 g/mol. The zero-order valence-electron chi connectivity index (χ0n) is 12.8. The van der Waals surface area contributed by atoms with Gasteiger partial charge in [-0.2, -0.15) is 0 Å². The number of piperidine rings is 1. The maximum Gasteiger partial charge on any atom is 0.258 e. The molecule has 2 rings (SSSR count). The number of carbonyl (C=O) groups excluding carboxylic acids is 1. The van der Waals surface area contributed by atoms with Crippen LogP contribution in [0.25, 0.3) is 0 Å². The number of hydrogen-bond donors (Lipinski definition) is 1. The van der Waals surface area contributed by atoms with Gasteiger partial charge in [-0.3, -0.25) is 4.79 Å². The van der Waals surface area contributed by atoms with Crippen LogP contribution in [-0.4, -0.2) is 43.1 Å². The summed E-state index contributed by atoms with van der Waals surface area (Å²) in [5.74, 6) is 0.312. The van der Waals surface area contributed by atoms with Gasteiger partial charge in [0.2, 0.25) is 0 Å². The van der Waals surface area contributed by atoms with Gasteiger partial charge in [0, 0.05) is 30.2 Å². The first kappa shape index (κ1) is 17.4. The van der Waals surface area contributed by atoms with E-state index in [9.17, 15) is 4.79 Å². The Labute approximate surface area is 141 Å². The number of nitrogens with one attached hydrogen (secondary N) is 1. The minimum Gasteiger partial charge on any atom is -0.482 e. The normalized spacial score (nSPS) is 16.5. The average molecular weight is 345 g/mol. The number of likely N-dealkylation sites (tertiary alicyclic amines) is 1. The zero-order chi connectivity index (χ0) is 15.9. The molecule has 1 saturated heterocycles. The van der Waals surface area contributed by atoms with Gasteiger partial charge in [0.1, 0.15) is 5.75 Å². The SMILES string of the molecule is CCCN1CCC(NC(=O)COc2cc(Cl)ccc2Cl)CC1. The van der Waals surface area contributed by atoms with Crippen molar-refractivity contribution < 1.29 is 9.53 Å². The summed E-state index contributed by atoms with van der Waals surface area (Å²) in [4.78, 5) is 14.4. The van der Waals surface area contributed by atoms with Crippen molar-refractivity contribution in [3.8, 4) is 5.75 Å². The molecule has 4 nitrogen and oxygen atoms in total. The lowest BCUT2D eigenvalue weighted by Gasteiger charge is -2.32. The van der Waals surface area contributed by atoms with Gasteiger partial charge in [-0.05, 0) is 37.9 Å². The summed E-state index contributed by atoms with van der Waals surface area (Å²) < 4.78 is 5.44. The summed E-state index contributed by atoms with van der Waals surface area (Å²) in [5.41, 5.74) is 0. The standard InChI is InChI=1S/C16H22Cl2N2O2/c1-2-7-20-8-5-13(6-9-20)19-16(21)11-22-15-10-12(17)3-4-14(15)18/h3-4,10,13H,2,5-9,11H2,1H3,(H,19,21). The molecule has 1 heterocycles. The first-order valence-corrected chi connectivity index (χ1v) is 8.43. The molecule has 1 aromatic rings. The van der Waals surface area contributed by atoms with Crippen molar-refractivity contribution >= 4 is 29.1 Å². The van der Waals surface area contributed by atoms with Crippen LogP contribution in [-0.2, 0) is 4.79 Å². The van der Waals surface area contributed by atoms with E-state index in [1.165, 1.54) is 6.42 Å². The number of ether oxygens (including phenoxy) is 1. The Balaban J connectivity index is 1.73. The Morgan fingerprint density at radius 1 is 1.36 bits per heavy atom. The summed E-state index contributed by atoms with van der Waals surface area (Å²) in [6, 6.07) is 5.18. The molecule has 0 unspecified atom stereocenters. The van der Waals surface area contributed by atoms with Crippen LogP contribution in [0.15, 0.2) is 18.2 Å². The molecule has 0 atom stereocenters. The highest BCUT2D eigenvalue weighted by Gasteiger charge is 2.20. The molecule has 6 heteroatoms. The van der Waals surface area contributed by atoms with Crippen molar-refractivity contribution in [3.05, 3.63) is 28.2 Å². The Hall–Kier alpha value is -0.970. The summed E-state index contributed by atoms with van der Waals surface area (Å²) in [5, 5.41) is 4.00. The van der Waals surface area contributed by atoms with E-state index in [2.05, 4.69) is 17.1 Å². The van der Waals surface area contributed by atoms with Crippen LogP contribution in [0, 0.1) is 0 Å². The fourth-order valence-electron chi connectivity index (χ4n) is 2.62. The first-order chi connectivity index (χ1) is 10.6. The van der Waals surface area contributed by atoms with Crippen LogP contribution in [0.2, 0.25) is 10.0 Å². The minimum absolute atomic E-state index is 0.0464. The zero-order valence-corrected chi connectivity index (χ0v) is 14.3. The largest absolute Gasteiger partial charge is 0.482 e. The van der Waals surface area contributed by atoms with Gasteiger partial charge in [0.25, 0.3) is 5.91 Å². The van der Waals surface area contributed by atoms with Gasteiger partial charge < -0.3 is 15.0 Å². The summed E-state index contributed by atoms with van der Waals surface area (Å²) in [6.45, 7) is 5.36. The molecule has 1 amide bonds. The molecule has 1 aliphatic rings. The molecule has 122 valence electrons. The van der Waals surface area contributed by atoms with E-state index < -0.39 is 0 Å². The Bertz CT molecular complexity index is 503. The molecule has 0 spiro atoms. The van der Waals surface area contributed by atoms with Crippen molar-refractivity contribution in [2.45, 2.75) is 32.2 Å². The summed E-state index contributed by atoms with van der Waals surface area (Å²) in [6.07, 6.45) is 3.15. The number of amides is 1. The number of carbonyl (C=O) groups is 1. The molecular formula is C16H22Cl2N2O2. The predicted octanol–water partition coefficient (Wildman–Crippen LogP) is 3.36. The van der Waals surface area contributed by atoms with E-state index in [1.807, 2.05) is 0 Å². The van der Waals surface area contributed by atoms with Gasteiger partial charge in [-0.15, -0.1) is 0 Å². The van der Waals surface area contributed by atoms with Crippen molar-refractivity contribution in [3.63, 3.8) is 0 Å². The highest BCUT2D eigenvalue weighted by Crippen LogP contribution is 2.27. The van der Waals surface area contributed by atoms with E-state index in [0.29, 0.717) is 15.8 Å². The quantitative estimate of drug-likeness (QED) is 0.860. The number of halogens is 2. The van der Waals surface area contributed by atoms with Gasteiger partial charge in [-0.1, -0.05) is 30.1 Å². The van der Waals surface area contributed by atoms with Gasteiger partial charge in [0.15, 0.2) is 6.61 Å². The maximum atomic E-state index is 12.0. The number of rotatable bonds is 6. The highest BCUT2D eigenvalue weighted by atomic mass is 35.5. The van der Waals surface area contributed by atoms with Crippen LogP contribution < -0.4 is 10.1 Å². The highest BCUT2D eigenvalue weighted by molar-refractivity contribution is 6.34. The monoisotopic (exact) mass is 344 g/mol. The molecule has 0 saturated carbocycles. The second-order valence-electron chi connectivity index (χ2n) is 5.55. The maximum absolute atomic E-state index is 12.0. The van der Waals surface area contributed by atoms with Crippen LogP contribution in [0.3, 0.4) is 0 Å². The molecule has 1 fully saturated rings. The summed E-state index contributed by atoms with van der Waals surface area (Å²) >= 11 is 11.9. The van der Waals surface area contributed by atoms with Crippen molar-refractivity contribution in [1.29, 1.82) is 0 Å². The topological polar surface area (TPSA) is 41.6 Å². The lowest BCUT2D eigenvalue weighted by Crippen LogP contribution is -2.46. The Kier molecular flexibility index (Phi) is 6.80. The summed E-state index contributed by atoms with van der Waals surface area (Å²) in [7, 11) is 0. The van der Waals surface area contributed by atoms with Crippen molar-refractivity contribution in [2.24, 2.45) is 0 Å². The van der Waals surface area contributed by atoms with Crippen LogP contribution in [0.4, 0.5) is 0 Å². The van der Waals surface area contributed by atoms with Crippen molar-refractivity contribution in [2.75, 3.05) is 26.2 Å². The second-order valence-corrected chi connectivity index (χ2v) is 6.39. The van der Waals surface area contributed by atoms with E-state index in [4.69, 9.17) is 27.9 Å². The third kappa shape index (κ3) is 5.34. The molecule has 22 heavy (non-hydrogen) atoms. The molecule has 1 N–H and O–H groups in total. The Morgan fingerprint density at radius 3 is 2.77 bits per heavy atom. The fourth-order valence-corrected chi connectivity index (χ4v) is 2.95. The number of nitrogens with zero attached hydrogens (tertiary/aromatic N) is 1. The minimum atomic E-state index is -0.120. The van der Waals surface area contributed by atoms with E-state index in [-0.39, 0.29) is 18.6 Å². The number of hydrogen-bond acceptors (Lipinski definition) is 3. The van der Waals surface area contributed by atoms with Gasteiger partial charge >= 0.3 is 0 Å². The molecule has 1 aromatic carbocycles. The van der Waals surface area contributed by atoms with Crippen molar-refractivity contribution in [1.82, 2.24) is 10.2 Å². The van der Waals surface area contributed by atoms with Gasteiger partial charge in [0.05, 0.1) is 5.02 Å². The predicted molar refractivity (Wildman–Crippen MR) is 89.9 cm³/mol. The van der Waals surface area contributed by atoms with Crippen LogP contribution >= 0.6 is 23.2 Å². The molecule has 1 aliphatic heterocycles. The third-order valence-corrected chi connectivity index (χ3v) is 4.29. The van der Waals surface area contributed by atoms with Gasteiger partial charge in [-0.25, -0.2) is 0 Å². The molecule has 0 bridgehead atoms. The molecule has 0 aliphatic carbocycles. The Morgan fingerprint density at radius 2 is 2.09 bits per heavy atom. The van der Waals surface area contributed by atoms with E-state index in [1.54, 1.807) is 18.2 Å². The van der Waals surface area contributed by atoms with Crippen LogP contribution in [0.5, 0.6) is 5.75 Å². The average Bonchev–Trinajstić information content (AvgIpc) is 2.50. The molecule has 0 aromatic heterocycles. The lowest BCUT2D eigenvalue weighted by molar-refractivity contribution is -0.124. The fraction of sp³-hybridized carbons (Fsp3) is 0.562. The lowest BCUT2D eigenvalue weighted by atomic mass is 10.0.